The number of cyclic esters (lactones) is 1. The number of aliphatic hydroxyl groups is 1. The van der Waals surface area contributed by atoms with Gasteiger partial charge in [-0.25, -0.2) is 4.79 Å². The quantitative estimate of drug-likeness (QED) is 0.650. The van der Waals surface area contributed by atoms with Crippen molar-refractivity contribution in [3.63, 3.8) is 0 Å². The zero-order valence-electron chi connectivity index (χ0n) is 8.44. The van der Waals surface area contributed by atoms with Gasteiger partial charge in [0, 0.05) is 33.2 Å². The zero-order valence-corrected chi connectivity index (χ0v) is 8.44. The molecule has 82 valence electrons. The van der Waals surface area contributed by atoms with Gasteiger partial charge >= 0.3 is 6.09 Å². The Kier molecular flexibility index (Phi) is 4.69. The smallest absolute Gasteiger partial charge is 0.410 e. The van der Waals surface area contributed by atoms with Gasteiger partial charge in [-0.05, 0) is 6.42 Å². The van der Waals surface area contributed by atoms with Crippen molar-refractivity contribution < 1.29 is 19.4 Å². The third-order valence-corrected chi connectivity index (χ3v) is 2.23. The highest BCUT2D eigenvalue weighted by atomic mass is 16.6. The van der Waals surface area contributed by atoms with Crippen LogP contribution in [0.1, 0.15) is 12.8 Å². The summed E-state index contributed by atoms with van der Waals surface area (Å²) in [4.78, 5) is 13.0. The Labute approximate surface area is 83.6 Å². The van der Waals surface area contributed by atoms with Crippen LogP contribution in [0.4, 0.5) is 4.79 Å². The van der Waals surface area contributed by atoms with E-state index >= 15 is 0 Å². The van der Waals surface area contributed by atoms with Gasteiger partial charge in [0.1, 0.15) is 6.10 Å². The molecule has 0 aromatic heterocycles. The van der Waals surface area contributed by atoms with E-state index in [-0.39, 0.29) is 18.8 Å². The highest BCUT2D eigenvalue weighted by Crippen LogP contribution is 2.11. The molecule has 1 heterocycles. The first-order valence-electron chi connectivity index (χ1n) is 4.83. The third-order valence-electron chi connectivity index (χ3n) is 2.23. The number of nitrogens with zero attached hydrogens (tertiary/aromatic N) is 1. The van der Waals surface area contributed by atoms with E-state index in [4.69, 9.17) is 14.6 Å². The second-order valence-corrected chi connectivity index (χ2v) is 3.31. The Morgan fingerprint density at radius 2 is 2.50 bits per heavy atom. The summed E-state index contributed by atoms with van der Waals surface area (Å²) in [6.07, 6.45) is 0.873. The SMILES string of the molecule is COCCCN1CCC(CO)OC1=O. The number of carbonyl (C=O) groups excluding carboxylic acids is 1. The van der Waals surface area contributed by atoms with Crippen LogP contribution >= 0.6 is 0 Å². The molecule has 5 nitrogen and oxygen atoms in total. The van der Waals surface area contributed by atoms with E-state index in [9.17, 15) is 4.79 Å². The van der Waals surface area contributed by atoms with Gasteiger partial charge in [-0.1, -0.05) is 0 Å². The maximum atomic E-state index is 11.3. The van der Waals surface area contributed by atoms with Gasteiger partial charge in [0.25, 0.3) is 0 Å². The highest BCUT2D eigenvalue weighted by molar-refractivity contribution is 5.68. The van der Waals surface area contributed by atoms with Crippen LogP contribution in [-0.4, -0.2) is 55.6 Å². The molecular weight excluding hydrogens is 186 g/mol. The van der Waals surface area contributed by atoms with E-state index in [0.29, 0.717) is 26.1 Å². The monoisotopic (exact) mass is 203 g/mol. The lowest BCUT2D eigenvalue weighted by molar-refractivity contribution is -0.00237. The molecule has 1 amide bonds. The number of carbonyl (C=O) groups is 1. The molecule has 1 aliphatic rings. The fourth-order valence-corrected chi connectivity index (χ4v) is 1.40. The summed E-state index contributed by atoms with van der Waals surface area (Å²) in [6.45, 7) is 1.88. The molecule has 5 heteroatoms. The summed E-state index contributed by atoms with van der Waals surface area (Å²) in [5.41, 5.74) is 0. The second-order valence-electron chi connectivity index (χ2n) is 3.31. The predicted octanol–water partition coefficient (Wildman–Crippen LogP) is 0.226. The topological polar surface area (TPSA) is 59.0 Å². The number of hydrogen-bond acceptors (Lipinski definition) is 4. The van der Waals surface area contributed by atoms with Crippen LogP contribution in [0.25, 0.3) is 0 Å². The van der Waals surface area contributed by atoms with Crippen molar-refractivity contribution in [2.75, 3.05) is 33.4 Å². The summed E-state index contributed by atoms with van der Waals surface area (Å²) in [5, 5.41) is 8.79. The van der Waals surface area contributed by atoms with Gasteiger partial charge in [0.2, 0.25) is 0 Å². The van der Waals surface area contributed by atoms with E-state index in [2.05, 4.69) is 0 Å². The Balaban J connectivity index is 2.24. The molecule has 0 aliphatic carbocycles. The molecule has 1 rings (SSSR count). The Bertz CT molecular complexity index is 184. The van der Waals surface area contributed by atoms with Crippen molar-refractivity contribution in [1.29, 1.82) is 0 Å². The molecule has 14 heavy (non-hydrogen) atoms. The van der Waals surface area contributed by atoms with Crippen LogP contribution in [0.5, 0.6) is 0 Å². The Hall–Kier alpha value is -0.810. The standard InChI is InChI=1S/C9H17NO4/c1-13-6-2-4-10-5-3-8(7-11)14-9(10)12/h8,11H,2-7H2,1H3. The maximum Gasteiger partial charge on any atom is 0.410 e. The lowest BCUT2D eigenvalue weighted by atomic mass is 10.2. The third kappa shape index (κ3) is 3.16. The minimum Gasteiger partial charge on any atom is -0.444 e. The summed E-state index contributed by atoms with van der Waals surface area (Å²) < 4.78 is 9.87. The molecule has 0 bridgehead atoms. The van der Waals surface area contributed by atoms with Crippen molar-refractivity contribution in [2.24, 2.45) is 0 Å². The van der Waals surface area contributed by atoms with Gasteiger partial charge in [0.15, 0.2) is 0 Å². The predicted molar refractivity (Wildman–Crippen MR) is 50.0 cm³/mol. The fourth-order valence-electron chi connectivity index (χ4n) is 1.40. The lowest BCUT2D eigenvalue weighted by Gasteiger charge is -2.30. The largest absolute Gasteiger partial charge is 0.444 e. The maximum absolute atomic E-state index is 11.3. The molecule has 1 aliphatic heterocycles. The van der Waals surface area contributed by atoms with Crippen molar-refractivity contribution in [1.82, 2.24) is 4.90 Å². The van der Waals surface area contributed by atoms with E-state index in [1.165, 1.54) is 0 Å². The Morgan fingerprint density at radius 3 is 3.07 bits per heavy atom. The van der Waals surface area contributed by atoms with Crippen LogP contribution in [0, 0.1) is 0 Å². The summed E-state index contributed by atoms with van der Waals surface area (Å²) >= 11 is 0. The highest BCUT2D eigenvalue weighted by Gasteiger charge is 2.25. The zero-order chi connectivity index (χ0) is 10.4. The molecule has 1 unspecified atom stereocenters. The Morgan fingerprint density at radius 1 is 1.71 bits per heavy atom. The summed E-state index contributed by atoms with van der Waals surface area (Å²) in [7, 11) is 1.64. The van der Waals surface area contributed by atoms with Crippen LogP contribution < -0.4 is 0 Å². The van der Waals surface area contributed by atoms with Crippen molar-refractivity contribution in [3.8, 4) is 0 Å². The van der Waals surface area contributed by atoms with Crippen molar-refractivity contribution in [3.05, 3.63) is 0 Å². The van der Waals surface area contributed by atoms with Gasteiger partial charge < -0.3 is 19.5 Å². The normalized spacial score (nSPS) is 22.3. The van der Waals surface area contributed by atoms with Crippen molar-refractivity contribution >= 4 is 6.09 Å². The molecule has 0 aromatic rings. The van der Waals surface area contributed by atoms with E-state index in [0.717, 1.165) is 6.42 Å². The van der Waals surface area contributed by atoms with Crippen LogP contribution in [-0.2, 0) is 9.47 Å². The number of amides is 1. The molecular formula is C9H17NO4. The summed E-state index contributed by atoms with van der Waals surface area (Å²) in [6, 6.07) is 0. The van der Waals surface area contributed by atoms with E-state index in [1.54, 1.807) is 12.0 Å². The van der Waals surface area contributed by atoms with Crippen molar-refractivity contribution in [2.45, 2.75) is 18.9 Å². The van der Waals surface area contributed by atoms with Crippen LogP contribution in [0.2, 0.25) is 0 Å². The van der Waals surface area contributed by atoms with Gasteiger partial charge in [-0.15, -0.1) is 0 Å². The molecule has 1 N–H and O–H groups in total. The molecule has 1 atom stereocenters. The molecule has 0 radical (unpaired) electrons. The first-order chi connectivity index (χ1) is 6.77. The number of aliphatic hydroxyl groups excluding tert-OH is 1. The number of methoxy groups -OCH3 is 1. The molecule has 1 fully saturated rings. The lowest BCUT2D eigenvalue weighted by Crippen LogP contribution is -2.43. The first-order valence-corrected chi connectivity index (χ1v) is 4.83. The number of hydrogen-bond donors (Lipinski definition) is 1. The van der Waals surface area contributed by atoms with Gasteiger partial charge in [-0.3, -0.25) is 0 Å². The molecule has 1 saturated heterocycles. The van der Waals surface area contributed by atoms with Crippen LogP contribution in [0.3, 0.4) is 0 Å². The second kappa shape index (κ2) is 5.82. The summed E-state index contributed by atoms with van der Waals surface area (Å²) in [5.74, 6) is 0. The number of ether oxygens (including phenoxy) is 2. The molecule has 0 saturated carbocycles. The average molecular weight is 203 g/mol. The fraction of sp³-hybridized carbons (Fsp3) is 0.889. The first kappa shape index (κ1) is 11.3. The number of rotatable bonds is 5. The van der Waals surface area contributed by atoms with E-state index in [1.807, 2.05) is 0 Å². The minimum absolute atomic E-state index is 0.0857. The van der Waals surface area contributed by atoms with E-state index < -0.39 is 0 Å². The molecule has 0 spiro atoms. The van der Waals surface area contributed by atoms with Gasteiger partial charge in [0.05, 0.1) is 6.61 Å². The minimum atomic E-state index is -0.327. The average Bonchev–Trinajstić information content (AvgIpc) is 2.20. The molecule has 0 aromatic carbocycles. The van der Waals surface area contributed by atoms with Gasteiger partial charge in [-0.2, -0.15) is 0 Å². The van der Waals surface area contributed by atoms with Crippen LogP contribution in [0.15, 0.2) is 0 Å².